The van der Waals surface area contributed by atoms with E-state index >= 15 is 0 Å². The fourth-order valence-electron chi connectivity index (χ4n) is 1.10. The van der Waals surface area contributed by atoms with Gasteiger partial charge in [-0.1, -0.05) is 6.92 Å². The van der Waals surface area contributed by atoms with Gasteiger partial charge in [0.1, 0.15) is 11.6 Å². The number of nitrogens with zero attached hydrogens (tertiary/aromatic N) is 2. The number of aryl methyl sites for hydroxylation is 1. The quantitative estimate of drug-likeness (QED) is 0.787. The zero-order chi connectivity index (χ0) is 11.3. The third kappa shape index (κ3) is 3.91. The molecule has 0 bridgehead atoms. The maximum atomic E-state index is 5.99. The van der Waals surface area contributed by atoms with Gasteiger partial charge in [-0.2, -0.15) is 4.98 Å². The van der Waals surface area contributed by atoms with Crippen molar-refractivity contribution in [3.8, 4) is 5.88 Å². The average Bonchev–Trinajstić information content (AvgIpc) is 2.25. The maximum Gasteiger partial charge on any atom is 0.218 e. The lowest BCUT2D eigenvalue weighted by atomic mass is 10.3. The zero-order valence-electron chi connectivity index (χ0n) is 9.25. The third-order valence-electron chi connectivity index (χ3n) is 1.97. The molecule has 0 saturated carbocycles. The van der Waals surface area contributed by atoms with Gasteiger partial charge >= 0.3 is 0 Å². The van der Waals surface area contributed by atoms with Gasteiger partial charge in [0, 0.05) is 12.6 Å². The van der Waals surface area contributed by atoms with E-state index in [1.54, 1.807) is 13.2 Å². The smallest absolute Gasteiger partial charge is 0.218 e. The zero-order valence-corrected chi connectivity index (χ0v) is 10.0. The molecule has 1 N–H and O–H groups in total. The van der Waals surface area contributed by atoms with Gasteiger partial charge in [-0.15, -0.1) is 11.6 Å². The van der Waals surface area contributed by atoms with Crippen LogP contribution < -0.4 is 10.1 Å². The van der Waals surface area contributed by atoms with Crippen LogP contribution in [0.25, 0.3) is 0 Å². The molecule has 1 heterocycles. The molecule has 0 spiro atoms. The Balaban J connectivity index is 2.64. The Morgan fingerprint density at radius 2 is 2.27 bits per heavy atom. The number of hydrogen-bond acceptors (Lipinski definition) is 4. The molecule has 0 fully saturated rings. The van der Waals surface area contributed by atoms with E-state index in [2.05, 4.69) is 15.3 Å². The molecule has 1 aromatic heterocycles. The molecule has 1 rings (SSSR count). The summed E-state index contributed by atoms with van der Waals surface area (Å²) in [6, 6.07) is 1.76. The molecule has 0 aromatic carbocycles. The second-order valence-electron chi connectivity index (χ2n) is 3.23. The predicted molar refractivity (Wildman–Crippen MR) is 61.7 cm³/mol. The summed E-state index contributed by atoms with van der Waals surface area (Å²) in [5.74, 6) is 1.99. The van der Waals surface area contributed by atoms with Crippen molar-refractivity contribution in [2.45, 2.75) is 25.6 Å². The second kappa shape index (κ2) is 5.75. The van der Waals surface area contributed by atoms with E-state index < -0.39 is 0 Å². The molecular formula is C10H16ClN3O. The number of ether oxygens (including phenoxy) is 1. The topological polar surface area (TPSA) is 47.0 Å². The van der Waals surface area contributed by atoms with Crippen LogP contribution >= 0.6 is 11.6 Å². The highest BCUT2D eigenvalue weighted by Gasteiger charge is 2.04. The van der Waals surface area contributed by atoms with Crippen LogP contribution in [0.2, 0.25) is 0 Å². The monoisotopic (exact) mass is 229 g/mol. The summed E-state index contributed by atoms with van der Waals surface area (Å²) in [7, 11) is 1.59. The molecule has 1 aromatic rings. The number of anilines is 1. The van der Waals surface area contributed by atoms with E-state index in [9.17, 15) is 0 Å². The highest BCUT2D eigenvalue weighted by Crippen LogP contribution is 2.13. The van der Waals surface area contributed by atoms with Crippen LogP contribution in [-0.2, 0) is 0 Å². The number of nitrogens with one attached hydrogen (secondary N) is 1. The van der Waals surface area contributed by atoms with E-state index in [-0.39, 0.29) is 5.38 Å². The van der Waals surface area contributed by atoms with Gasteiger partial charge in [-0.05, 0) is 13.3 Å². The van der Waals surface area contributed by atoms with Gasteiger partial charge in [0.25, 0.3) is 0 Å². The summed E-state index contributed by atoms with van der Waals surface area (Å²) in [6.45, 7) is 4.56. The standard InChI is InChI=1S/C10H16ClN3O/c1-4-8(11)6-12-9-5-10(15-3)14-7(2)13-9/h5,8H,4,6H2,1-3H3,(H,12,13,14). The van der Waals surface area contributed by atoms with E-state index in [1.807, 2.05) is 13.8 Å². The first-order chi connectivity index (χ1) is 7.15. The number of methoxy groups -OCH3 is 1. The average molecular weight is 230 g/mol. The highest BCUT2D eigenvalue weighted by molar-refractivity contribution is 6.20. The molecule has 15 heavy (non-hydrogen) atoms. The van der Waals surface area contributed by atoms with E-state index in [1.165, 1.54) is 0 Å². The van der Waals surface area contributed by atoms with Crippen LogP contribution in [0.4, 0.5) is 5.82 Å². The third-order valence-corrected chi connectivity index (χ3v) is 2.43. The number of aromatic nitrogens is 2. The fraction of sp³-hybridized carbons (Fsp3) is 0.600. The Bertz CT molecular complexity index is 320. The van der Waals surface area contributed by atoms with Gasteiger partial charge in [0.2, 0.25) is 5.88 Å². The lowest BCUT2D eigenvalue weighted by Crippen LogP contribution is -2.14. The van der Waals surface area contributed by atoms with Crippen LogP contribution in [0.5, 0.6) is 5.88 Å². The van der Waals surface area contributed by atoms with Gasteiger partial charge in [0.15, 0.2) is 0 Å². The molecule has 5 heteroatoms. The van der Waals surface area contributed by atoms with Gasteiger partial charge in [-0.3, -0.25) is 0 Å². The minimum Gasteiger partial charge on any atom is -0.481 e. The van der Waals surface area contributed by atoms with Crippen molar-refractivity contribution >= 4 is 17.4 Å². The number of halogens is 1. The molecule has 0 saturated heterocycles. The van der Waals surface area contributed by atoms with Crippen molar-refractivity contribution < 1.29 is 4.74 Å². The van der Waals surface area contributed by atoms with Gasteiger partial charge in [0.05, 0.1) is 12.5 Å². The Kier molecular flexibility index (Phi) is 4.62. The van der Waals surface area contributed by atoms with Crippen molar-refractivity contribution in [3.05, 3.63) is 11.9 Å². The minimum absolute atomic E-state index is 0.117. The van der Waals surface area contributed by atoms with Gasteiger partial charge < -0.3 is 10.1 Å². The SMILES string of the molecule is CCC(Cl)CNc1cc(OC)nc(C)n1. The van der Waals surface area contributed by atoms with Crippen LogP contribution in [-0.4, -0.2) is 29.0 Å². The van der Waals surface area contributed by atoms with Crippen LogP contribution in [0.3, 0.4) is 0 Å². The van der Waals surface area contributed by atoms with Crippen LogP contribution in [0, 0.1) is 6.92 Å². The number of hydrogen-bond donors (Lipinski definition) is 1. The van der Waals surface area contributed by atoms with Crippen LogP contribution in [0.15, 0.2) is 6.07 Å². The molecule has 1 unspecified atom stereocenters. The predicted octanol–water partition coefficient (Wildman–Crippen LogP) is 2.22. The van der Waals surface area contributed by atoms with Crippen molar-refractivity contribution in [1.82, 2.24) is 9.97 Å². The molecule has 1 atom stereocenters. The Labute approximate surface area is 95.0 Å². The molecule has 0 aliphatic heterocycles. The summed E-state index contributed by atoms with van der Waals surface area (Å²) in [6.07, 6.45) is 0.926. The first kappa shape index (κ1) is 12.0. The maximum absolute atomic E-state index is 5.99. The first-order valence-electron chi connectivity index (χ1n) is 4.93. The first-order valence-corrected chi connectivity index (χ1v) is 5.37. The summed E-state index contributed by atoms with van der Waals surface area (Å²) < 4.78 is 5.04. The molecule has 84 valence electrons. The van der Waals surface area contributed by atoms with Crippen molar-refractivity contribution in [2.75, 3.05) is 19.0 Å². The van der Waals surface area contributed by atoms with E-state index in [0.29, 0.717) is 18.2 Å². The molecule has 4 nitrogen and oxygen atoms in total. The Morgan fingerprint density at radius 1 is 1.53 bits per heavy atom. The summed E-state index contributed by atoms with van der Waals surface area (Å²) in [4.78, 5) is 8.32. The van der Waals surface area contributed by atoms with Crippen molar-refractivity contribution in [2.24, 2.45) is 0 Å². The molecular weight excluding hydrogens is 214 g/mol. The highest BCUT2D eigenvalue weighted by atomic mass is 35.5. The Morgan fingerprint density at radius 3 is 2.87 bits per heavy atom. The number of alkyl halides is 1. The van der Waals surface area contributed by atoms with Crippen molar-refractivity contribution in [3.63, 3.8) is 0 Å². The summed E-state index contributed by atoms with van der Waals surface area (Å²) >= 11 is 5.99. The fourth-order valence-corrected chi connectivity index (χ4v) is 1.17. The molecule has 0 amide bonds. The largest absolute Gasteiger partial charge is 0.481 e. The van der Waals surface area contributed by atoms with E-state index in [0.717, 1.165) is 12.2 Å². The second-order valence-corrected chi connectivity index (χ2v) is 3.85. The van der Waals surface area contributed by atoms with Crippen molar-refractivity contribution in [1.29, 1.82) is 0 Å². The normalized spacial score (nSPS) is 12.3. The number of rotatable bonds is 5. The molecule has 0 aliphatic carbocycles. The van der Waals surface area contributed by atoms with Crippen LogP contribution in [0.1, 0.15) is 19.2 Å². The van der Waals surface area contributed by atoms with E-state index in [4.69, 9.17) is 16.3 Å². The Hall–Kier alpha value is -1.03. The summed E-state index contributed by atoms with van der Waals surface area (Å²) in [5.41, 5.74) is 0. The molecule has 0 radical (unpaired) electrons. The minimum atomic E-state index is 0.117. The molecule has 0 aliphatic rings. The van der Waals surface area contributed by atoms with Gasteiger partial charge in [-0.25, -0.2) is 4.98 Å². The lowest BCUT2D eigenvalue weighted by molar-refractivity contribution is 0.396. The lowest BCUT2D eigenvalue weighted by Gasteiger charge is -2.10. The summed E-state index contributed by atoms with van der Waals surface area (Å²) in [5, 5.41) is 3.26.